The van der Waals surface area contributed by atoms with Crippen LogP contribution in [0.25, 0.3) is 0 Å². The van der Waals surface area contributed by atoms with Crippen molar-refractivity contribution in [2.45, 2.75) is 25.8 Å². The highest BCUT2D eigenvalue weighted by atomic mass is 16.6. The number of carbonyl (C=O) groups excluding carboxylic acids is 1. The van der Waals surface area contributed by atoms with E-state index in [1.807, 2.05) is 6.92 Å². The highest BCUT2D eigenvalue weighted by Gasteiger charge is 2.23. The molecule has 2 N–H and O–H groups in total. The summed E-state index contributed by atoms with van der Waals surface area (Å²) in [6, 6.07) is 4.57. The number of amides is 1. The summed E-state index contributed by atoms with van der Waals surface area (Å²) in [4.78, 5) is 23.0. The zero-order chi connectivity index (χ0) is 15.2. The van der Waals surface area contributed by atoms with Crippen molar-refractivity contribution in [2.24, 2.45) is 0 Å². The second-order valence-corrected chi connectivity index (χ2v) is 4.85. The molecule has 0 aromatic heterocycles. The van der Waals surface area contributed by atoms with E-state index in [2.05, 4.69) is 10.6 Å². The number of nitrogens with one attached hydrogen (secondary N) is 2. The molecule has 1 aliphatic rings. The van der Waals surface area contributed by atoms with Gasteiger partial charge >= 0.3 is 0 Å². The van der Waals surface area contributed by atoms with Gasteiger partial charge in [0.25, 0.3) is 11.6 Å². The molecule has 2 rings (SSSR count). The van der Waals surface area contributed by atoms with Gasteiger partial charge in [0.05, 0.1) is 10.5 Å². The number of carbonyl (C=O) groups is 1. The molecule has 0 aliphatic carbocycles. The van der Waals surface area contributed by atoms with Crippen molar-refractivity contribution in [1.29, 1.82) is 0 Å². The van der Waals surface area contributed by atoms with Crippen LogP contribution < -0.4 is 10.6 Å². The molecule has 1 aromatic rings. The number of nitro groups is 1. The third-order valence-electron chi connectivity index (χ3n) is 3.39. The second-order valence-electron chi connectivity index (χ2n) is 4.85. The number of rotatable bonds is 5. The van der Waals surface area contributed by atoms with E-state index in [-0.39, 0.29) is 23.3 Å². The Kier molecular flexibility index (Phi) is 5.10. The third-order valence-corrected chi connectivity index (χ3v) is 3.39. The van der Waals surface area contributed by atoms with E-state index < -0.39 is 4.92 Å². The lowest BCUT2D eigenvalue weighted by atomic mass is 10.1. The van der Waals surface area contributed by atoms with E-state index in [4.69, 9.17) is 4.74 Å². The fourth-order valence-corrected chi connectivity index (χ4v) is 2.35. The zero-order valence-corrected chi connectivity index (χ0v) is 11.9. The summed E-state index contributed by atoms with van der Waals surface area (Å²) >= 11 is 0. The molecule has 1 amide bonds. The van der Waals surface area contributed by atoms with Gasteiger partial charge in [-0.25, -0.2) is 0 Å². The summed E-state index contributed by atoms with van der Waals surface area (Å²) in [5.74, 6) is -0.290. The molecule has 0 saturated carbocycles. The average Bonchev–Trinajstić information content (AvgIpc) is 2.48. The van der Waals surface area contributed by atoms with Crippen LogP contribution in [0.2, 0.25) is 0 Å². The van der Waals surface area contributed by atoms with E-state index in [1.165, 1.54) is 12.1 Å². The van der Waals surface area contributed by atoms with Crippen molar-refractivity contribution in [3.05, 3.63) is 33.9 Å². The van der Waals surface area contributed by atoms with Crippen molar-refractivity contribution < 1.29 is 14.5 Å². The lowest BCUT2D eigenvalue weighted by Crippen LogP contribution is -2.39. The standard InChI is InChI=1S/C14H19N3O4/c1-2-15-13-11(4-3-5-12(13)17(19)20)14(18)16-10-6-8-21-9-7-10/h3-5,10,15H,2,6-9H2,1H3,(H,16,18). The minimum atomic E-state index is -0.483. The Balaban J connectivity index is 2.22. The first kappa shape index (κ1) is 15.2. The second kappa shape index (κ2) is 7.03. The molecule has 1 aromatic carbocycles. The number of ether oxygens (including phenoxy) is 1. The molecule has 0 atom stereocenters. The summed E-state index contributed by atoms with van der Waals surface area (Å²) in [5, 5.41) is 16.9. The van der Waals surface area contributed by atoms with E-state index in [9.17, 15) is 14.9 Å². The molecule has 1 saturated heterocycles. The maximum Gasteiger partial charge on any atom is 0.293 e. The van der Waals surface area contributed by atoms with Gasteiger partial charge in [-0.3, -0.25) is 14.9 Å². The first-order valence-electron chi connectivity index (χ1n) is 7.03. The minimum Gasteiger partial charge on any atom is -0.381 e. The summed E-state index contributed by atoms with van der Waals surface area (Å²) in [6.07, 6.45) is 1.52. The smallest absolute Gasteiger partial charge is 0.293 e. The quantitative estimate of drug-likeness (QED) is 0.639. The van der Waals surface area contributed by atoms with Gasteiger partial charge in [0, 0.05) is 31.9 Å². The number of hydrogen-bond donors (Lipinski definition) is 2. The predicted octanol–water partition coefficient (Wildman–Crippen LogP) is 1.94. The van der Waals surface area contributed by atoms with Gasteiger partial charge in [0.15, 0.2) is 0 Å². The van der Waals surface area contributed by atoms with Crippen LogP contribution in [-0.2, 0) is 4.74 Å². The van der Waals surface area contributed by atoms with Gasteiger partial charge in [0.2, 0.25) is 0 Å². The highest BCUT2D eigenvalue weighted by molar-refractivity contribution is 6.01. The van der Waals surface area contributed by atoms with Gasteiger partial charge in [0.1, 0.15) is 5.69 Å². The van der Waals surface area contributed by atoms with Crippen LogP contribution in [-0.4, -0.2) is 36.6 Å². The molecule has 7 heteroatoms. The molecule has 0 spiro atoms. The molecule has 1 heterocycles. The molecule has 0 bridgehead atoms. The van der Waals surface area contributed by atoms with Crippen LogP contribution in [0, 0.1) is 10.1 Å². The maximum absolute atomic E-state index is 12.4. The minimum absolute atomic E-state index is 0.0555. The van der Waals surface area contributed by atoms with Crippen molar-refractivity contribution in [3.63, 3.8) is 0 Å². The lowest BCUT2D eigenvalue weighted by molar-refractivity contribution is -0.384. The largest absolute Gasteiger partial charge is 0.381 e. The molecule has 21 heavy (non-hydrogen) atoms. The van der Waals surface area contributed by atoms with Gasteiger partial charge in [-0.1, -0.05) is 6.07 Å². The van der Waals surface area contributed by atoms with E-state index in [1.54, 1.807) is 6.07 Å². The molecule has 1 aliphatic heterocycles. The maximum atomic E-state index is 12.4. The van der Waals surface area contributed by atoms with Crippen molar-refractivity contribution in [3.8, 4) is 0 Å². The van der Waals surface area contributed by atoms with Crippen LogP contribution in [0.5, 0.6) is 0 Å². The molecule has 7 nitrogen and oxygen atoms in total. The molecule has 1 fully saturated rings. The lowest BCUT2D eigenvalue weighted by Gasteiger charge is -2.23. The number of nitro benzene ring substituents is 1. The van der Waals surface area contributed by atoms with Crippen molar-refractivity contribution in [1.82, 2.24) is 5.32 Å². The van der Waals surface area contributed by atoms with Crippen LogP contribution >= 0.6 is 0 Å². The average molecular weight is 293 g/mol. The Hall–Kier alpha value is -2.15. The molecular weight excluding hydrogens is 274 g/mol. The zero-order valence-electron chi connectivity index (χ0n) is 11.9. The Morgan fingerprint density at radius 1 is 1.43 bits per heavy atom. The Labute approximate surface area is 122 Å². The Morgan fingerprint density at radius 3 is 2.76 bits per heavy atom. The summed E-state index contributed by atoms with van der Waals surface area (Å²) in [7, 11) is 0. The Bertz CT molecular complexity index is 527. The van der Waals surface area contributed by atoms with Crippen LogP contribution in [0.3, 0.4) is 0 Å². The molecule has 114 valence electrons. The normalized spacial score (nSPS) is 15.5. The SMILES string of the molecule is CCNc1c(C(=O)NC2CCOCC2)cccc1[N+](=O)[O-]. The fourth-order valence-electron chi connectivity index (χ4n) is 2.35. The predicted molar refractivity (Wildman–Crippen MR) is 78.6 cm³/mol. The van der Waals surface area contributed by atoms with Gasteiger partial charge < -0.3 is 15.4 Å². The van der Waals surface area contributed by atoms with Gasteiger partial charge in [-0.2, -0.15) is 0 Å². The number of para-hydroxylation sites is 1. The molecule has 0 unspecified atom stereocenters. The number of hydrogen-bond acceptors (Lipinski definition) is 5. The Morgan fingerprint density at radius 2 is 2.14 bits per heavy atom. The first-order valence-corrected chi connectivity index (χ1v) is 7.03. The summed E-state index contributed by atoms with van der Waals surface area (Å²) in [6.45, 7) is 3.58. The summed E-state index contributed by atoms with van der Waals surface area (Å²) < 4.78 is 5.25. The monoisotopic (exact) mass is 293 g/mol. The van der Waals surface area contributed by atoms with Gasteiger partial charge in [-0.05, 0) is 25.8 Å². The van der Waals surface area contributed by atoms with E-state index in [0.717, 1.165) is 12.8 Å². The van der Waals surface area contributed by atoms with Crippen LogP contribution in [0.4, 0.5) is 11.4 Å². The molecular formula is C14H19N3O4. The highest BCUT2D eigenvalue weighted by Crippen LogP contribution is 2.28. The van der Waals surface area contributed by atoms with Crippen LogP contribution in [0.15, 0.2) is 18.2 Å². The molecule has 0 radical (unpaired) electrons. The fraction of sp³-hybridized carbons (Fsp3) is 0.500. The van der Waals surface area contributed by atoms with Crippen molar-refractivity contribution in [2.75, 3.05) is 25.1 Å². The number of benzene rings is 1. The van der Waals surface area contributed by atoms with E-state index >= 15 is 0 Å². The van der Waals surface area contributed by atoms with Crippen molar-refractivity contribution >= 4 is 17.3 Å². The number of anilines is 1. The third kappa shape index (κ3) is 3.69. The topological polar surface area (TPSA) is 93.5 Å². The first-order chi connectivity index (χ1) is 10.1. The number of nitrogens with zero attached hydrogens (tertiary/aromatic N) is 1. The van der Waals surface area contributed by atoms with Gasteiger partial charge in [-0.15, -0.1) is 0 Å². The van der Waals surface area contributed by atoms with E-state index in [0.29, 0.717) is 25.3 Å². The van der Waals surface area contributed by atoms with Crippen LogP contribution in [0.1, 0.15) is 30.1 Å². The summed E-state index contributed by atoms with van der Waals surface area (Å²) in [5.41, 5.74) is 0.489.